The second-order valence-electron chi connectivity index (χ2n) is 6.96. The van der Waals surface area contributed by atoms with Crippen molar-refractivity contribution in [1.82, 2.24) is 19.0 Å². The van der Waals surface area contributed by atoms with Crippen LogP contribution >= 0.6 is 0 Å². The van der Waals surface area contributed by atoms with Gasteiger partial charge in [0, 0.05) is 25.0 Å². The second-order valence-corrected chi connectivity index (χ2v) is 6.96. The average Bonchev–Trinajstić information content (AvgIpc) is 2.70. The highest BCUT2D eigenvalue weighted by molar-refractivity contribution is 5.81. The summed E-state index contributed by atoms with van der Waals surface area (Å²) in [5.41, 5.74) is 6.77. The van der Waals surface area contributed by atoms with Crippen LogP contribution in [0.4, 0.5) is 5.69 Å². The predicted molar refractivity (Wildman–Crippen MR) is 106 cm³/mol. The van der Waals surface area contributed by atoms with Crippen LogP contribution < -0.4 is 17.0 Å². The first-order valence-corrected chi connectivity index (χ1v) is 9.33. The maximum atomic E-state index is 13.2. The first-order chi connectivity index (χ1) is 13.1. The molecule has 140 valence electrons. The first-order valence-electron chi connectivity index (χ1n) is 9.33. The maximum absolute atomic E-state index is 13.2. The van der Waals surface area contributed by atoms with E-state index in [4.69, 9.17) is 5.73 Å². The van der Waals surface area contributed by atoms with E-state index in [-0.39, 0.29) is 11.2 Å². The summed E-state index contributed by atoms with van der Waals surface area (Å²) in [7, 11) is 0. The molecule has 0 aliphatic carbocycles. The Bertz CT molecular complexity index is 1070. The molecule has 0 radical (unpaired) electrons. The molecule has 0 amide bonds. The number of piperidine rings is 1. The van der Waals surface area contributed by atoms with Gasteiger partial charge in [0.2, 0.25) is 0 Å². The molecule has 7 nitrogen and oxygen atoms in total. The number of nitrogens with two attached hydrogens (primary N) is 1. The highest BCUT2D eigenvalue weighted by atomic mass is 16.2. The third kappa shape index (κ3) is 3.38. The minimum atomic E-state index is -0.371. The van der Waals surface area contributed by atoms with Crippen molar-refractivity contribution in [2.75, 3.05) is 25.4 Å². The summed E-state index contributed by atoms with van der Waals surface area (Å²) < 4.78 is 2.86. The van der Waals surface area contributed by atoms with E-state index in [0.717, 1.165) is 19.6 Å². The van der Waals surface area contributed by atoms with Crippen molar-refractivity contribution in [3.05, 3.63) is 63.6 Å². The molecule has 0 saturated carbocycles. The van der Waals surface area contributed by atoms with Gasteiger partial charge in [0.25, 0.3) is 5.56 Å². The van der Waals surface area contributed by atoms with Crippen LogP contribution in [0.3, 0.4) is 0 Å². The molecular weight excluding hydrogens is 342 g/mol. The third-order valence-corrected chi connectivity index (χ3v) is 5.16. The van der Waals surface area contributed by atoms with E-state index < -0.39 is 0 Å². The molecule has 2 N–H and O–H groups in total. The van der Waals surface area contributed by atoms with Crippen LogP contribution in [0.5, 0.6) is 0 Å². The molecule has 7 heteroatoms. The fraction of sp³-hybridized carbons (Fsp3) is 0.350. The van der Waals surface area contributed by atoms with E-state index in [2.05, 4.69) is 9.88 Å². The average molecular weight is 365 g/mol. The molecule has 0 spiro atoms. The number of hydrogen-bond donors (Lipinski definition) is 1. The Morgan fingerprint density at radius 3 is 2.59 bits per heavy atom. The predicted octanol–water partition coefficient (Wildman–Crippen LogP) is 1.62. The van der Waals surface area contributed by atoms with E-state index in [0.29, 0.717) is 28.8 Å². The van der Waals surface area contributed by atoms with E-state index >= 15 is 0 Å². The molecule has 0 bridgehead atoms. The van der Waals surface area contributed by atoms with E-state index in [9.17, 15) is 9.59 Å². The third-order valence-electron chi connectivity index (χ3n) is 5.16. The number of anilines is 1. The Morgan fingerprint density at radius 2 is 1.85 bits per heavy atom. The van der Waals surface area contributed by atoms with E-state index in [1.54, 1.807) is 41.1 Å². The number of pyridine rings is 1. The fourth-order valence-corrected chi connectivity index (χ4v) is 3.75. The Morgan fingerprint density at radius 1 is 1.04 bits per heavy atom. The summed E-state index contributed by atoms with van der Waals surface area (Å²) in [6.45, 7) is 3.42. The van der Waals surface area contributed by atoms with Crippen molar-refractivity contribution in [3.63, 3.8) is 0 Å². The molecular formula is C20H23N5O2. The molecule has 1 fully saturated rings. The summed E-state index contributed by atoms with van der Waals surface area (Å²) in [6.07, 6.45) is 6.80. The zero-order valence-electron chi connectivity index (χ0n) is 15.2. The number of likely N-dealkylation sites (tertiary alicyclic amines) is 1. The van der Waals surface area contributed by atoms with Crippen LogP contribution in [-0.4, -0.2) is 38.7 Å². The summed E-state index contributed by atoms with van der Waals surface area (Å²) in [4.78, 5) is 32.6. The van der Waals surface area contributed by atoms with Crippen LogP contribution in [0.1, 0.15) is 19.3 Å². The first kappa shape index (κ1) is 17.5. The molecule has 0 atom stereocenters. The molecule has 3 aromatic rings. The van der Waals surface area contributed by atoms with Crippen LogP contribution in [-0.2, 0) is 6.54 Å². The van der Waals surface area contributed by atoms with Crippen LogP contribution in [0.2, 0.25) is 0 Å². The Kier molecular flexibility index (Phi) is 4.77. The van der Waals surface area contributed by atoms with E-state index in [1.165, 1.54) is 30.0 Å². The van der Waals surface area contributed by atoms with Crippen molar-refractivity contribution in [1.29, 1.82) is 0 Å². The molecule has 1 aliphatic heterocycles. The van der Waals surface area contributed by atoms with Crippen LogP contribution in [0.15, 0.2) is 52.3 Å². The molecule has 1 aliphatic rings. The lowest BCUT2D eigenvalue weighted by atomic mass is 10.1. The molecule has 2 aromatic heterocycles. The van der Waals surface area contributed by atoms with Crippen molar-refractivity contribution in [2.24, 2.45) is 0 Å². The molecule has 0 unspecified atom stereocenters. The maximum Gasteiger partial charge on any atom is 0.336 e. The standard InChI is InChI=1S/C20H23N5O2/c21-15-6-7-18-17(13-15)19(26)25(16-5-4-8-22-14-16)20(27)24(18)12-11-23-9-2-1-3-10-23/h4-8,13-14H,1-3,9-12,21H2. The molecule has 1 aromatic carbocycles. The monoisotopic (exact) mass is 365 g/mol. The van der Waals surface area contributed by atoms with Gasteiger partial charge in [-0.05, 0) is 56.3 Å². The summed E-state index contributed by atoms with van der Waals surface area (Å²) in [5.74, 6) is 0. The van der Waals surface area contributed by atoms with Crippen molar-refractivity contribution in [3.8, 4) is 5.69 Å². The van der Waals surface area contributed by atoms with Gasteiger partial charge in [-0.2, -0.15) is 0 Å². The highest BCUT2D eigenvalue weighted by Crippen LogP contribution is 2.15. The SMILES string of the molecule is Nc1ccc2c(c1)c(=O)n(-c1cccnc1)c(=O)n2CCN1CCCCC1. The summed E-state index contributed by atoms with van der Waals surface area (Å²) >= 11 is 0. The number of rotatable bonds is 4. The Hall–Kier alpha value is -2.93. The van der Waals surface area contributed by atoms with Gasteiger partial charge in [0.1, 0.15) is 0 Å². The van der Waals surface area contributed by atoms with Crippen molar-refractivity contribution in [2.45, 2.75) is 25.8 Å². The highest BCUT2D eigenvalue weighted by Gasteiger charge is 2.16. The number of fused-ring (bicyclic) bond motifs is 1. The van der Waals surface area contributed by atoms with Gasteiger partial charge in [0.05, 0.1) is 22.8 Å². The molecule has 27 heavy (non-hydrogen) atoms. The Labute approximate surface area is 156 Å². The largest absolute Gasteiger partial charge is 0.399 e. The van der Waals surface area contributed by atoms with Crippen LogP contribution in [0.25, 0.3) is 16.6 Å². The lowest BCUT2D eigenvalue weighted by Gasteiger charge is -2.27. The zero-order chi connectivity index (χ0) is 18.8. The number of nitrogens with zero attached hydrogens (tertiary/aromatic N) is 4. The minimum Gasteiger partial charge on any atom is -0.399 e. The van der Waals surface area contributed by atoms with Crippen molar-refractivity contribution < 1.29 is 0 Å². The Balaban J connectivity index is 1.86. The van der Waals surface area contributed by atoms with Crippen molar-refractivity contribution >= 4 is 16.6 Å². The van der Waals surface area contributed by atoms with Gasteiger partial charge in [0.15, 0.2) is 0 Å². The van der Waals surface area contributed by atoms with Crippen LogP contribution in [0, 0.1) is 0 Å². The van der Waals surface area contributed by atoms with Gasteiger partial charge < -0.3 is 10.6 Å². The van der Waals surface area contributed by atoms with Gasteiger partial charge in [-0.15, -0.1) is 0 Å². The van der Waals surface area contributed by atoms with Gasteiger partial charge in [-0.25, -0.2) is 9.36 Å². The van der Waals surface area contributed by atoms with E-state index in [1.807, 2.05) is 0 Å². The number of aromatic nitrogens is 3. The number of hydrogen-bond acceptors (Lipinski definition) is 5. The number of benzene rings is 1. The van der Waals surface area contributed by atoms with Gasteiger partial charge in [-0.3, -0.25) is 14.3 Å². The smallest absolute Gasteiger partial charge is 0.336 e. The molecule has 3 heterocycles. The topological polar surface area (TPSA) is 86.1 Å². The molecule has 4 rings (SSSR count). The zero-order valence-corrected chi connectivity index (χ0v) is 15.2. The minimum absolute atomic E-state index is 0.345. The van der Waals surface area contributed by atoms with Gasteiger partial charge in [-0.1, -0.05) is 6.42 Å². The normalized spacial score (nSPS) is 15.3. The quantitative estimate of drug-likeness (QED) is 0.710. The molecule has 1 saturated heterocycles. The summed E-state index contributed by atoms with van der Waals surface area (Å²) in [6, 6.07) is 8.55. The van der Waals surface area contributed by atoms with Gasteiger partial charge >= 0.3 is 5.69 Å². The lowest BCUT2D eigenvalue weighted by molar-refractivity contribution is 0.220. The number of nitrogen functional groups attached to an aromatic ring is 1. The second kappa shape index (κ2) is 7.36. The fourth-order valence-electron chi connectivity index (χ4n) is 3.75. The summed E-state index contributed by atoms with van der Waals surface area (Å²) in [5, 5.41) is 0.442. The lowest BCUT2D eigenvalue weighted by Crippen LogP contribution is -2.41.